The van der Waals surface area contributed by atoms with Gasteiger partial charge in [0.05, 0.1) is 43.1 Å². The summed E-state index contributed by atoms with van der Waals surface area (Å²) in [5.41, 5.74) is 1.51. The number of alkyl halides is 2. The fourth-order valence-corrected chi connectivity index (χ4v) is 4.30. The molecule has 1 aromatic carbocycles. The third kappa shape index (κ3) is 4.00. The van der Waals surface area contributed by atoms with E-state index in [-0.39, 0.29) is 36.5 Å². The molecule has 10 heteroatoms. The van der Waals surface area contributed by atoms with Crippen LogP contribution in [0.4, 0.5) is 13.2 Å². The summed E-state index contributed by atoms with van der Waals surface area (Å²) in [5, 5.41) is 8.74. The van der Waals surface area contributed by atoms with Gasteiger partial charge >= 0.3 is 0 Å². The number of benzene rings is 1. The van der Waals surface area contributed by atoms with Gasteiger partial charge in [-0.3, -0.25) is 4.79 Å². The van der Waals surface area contributed by atoms with Crippen molar-refractivity contribution in [3.63, 3.8) is 0 Å². The topological polar surface area (TPSA) is 65.2 Å². The van der Waals surface area contributed by atoms with Crippen molar-refractivity contribution in [2.45, 2.75) is 25.2 Å². The zero-order valence-corrected chi connectivity index (χ0v) is 18.4. The minimum Gasteiger partial charge on any atom is -0.491 e. The van der Waals surface area contributed by atoms with Crippen LogP contribution in [-0.2, 0) is 0 Å². The molecule has 0 amide bonds. The van der Waals surface area contributed by atoms with Crippen molar-refractivity contribution >= 4 is 5.70 Å². The Balaban J connectivity index is 1.56. The minimum atomic E-state index is -2.76. The average molecular weight is 469 g/mol. The second-order valence-corrected chi connectivity index (χ2v) is 8.24. The van der Waals surface area contributed by atoms with Gasteiger partial charge in [0.15, 0.2) is 11.4 Å². The van der Waals surface area contributed by atoms with E-state index < -0.39 is 23.7 Å². The van der Waals surface area contributed by atoms with Crippen molar-refractivity contribution in [1.82, 2.24) is 24.5 Å². The van der Waals surface area contributed by atoms with Crippen molar-refractivity contribution in [2.24, 2.45) is 0 Å². The van der Waals surface area contributed by atoms with Crippen LogP contribution in [-0.4, -0.2) is 50.6 Å². The van der Waals surface area contributed by atoms with Gasteiger partial charge in [-0.15, -0.1) is 0 Å². The van der Waals surface area contributed by atoms with E-state index in [1.807, 2.05) is 30.3 Å². The SMILES string of the molecule is COc1cn(C2=C(F)C=C(N3CCC(F)(F)C3)CC2)nc(-c2ccnn2-c2ccccc2)c1=O. The van der Waals surface area contributed by atoms with Crippen molar-refractivity contribution in [3.8, 4) is 22.8 Å². The molecule has 176 valence electrons. The highest BCUT2D eigenvalue weighted by Gasteiger charge is 2.39. The Morgan fingerprint density at radius 1 is 1.12 bits per heavy atom. The summed E-state index contributed by atoms with van der Waals surface area (Å²) in [6.45, 7) is -0.210. The maximum atomic E-state index is 15.2. The van der Waals surface area contributed by atoms with Crippen LogP contribution in [0.5, 0.6) is 5.75 Å². The summed E-state index contributed by atoms with van der Waals surface area (Å²) in [7, 11) is 1.36. The van der Waals surface area contributed by atoms with Gasteiger partial charge in [0.25, 0.3) is 11.4 Å². The molecule has 0 unspecified atom stereocenters. The molecule has 0 atom stereocenters. The molecule has 7 nitrogen and oxygen atoms in total. The van der Waals surface area contributed by atoms with E-state index in [1.165, 1.54) is 29.0 Å². The molecule has 0 saturated carbocycles. The van der Waals surface area contributed by atoms with E-state index in [2.05, 4.69) is 10.2 Å². The molecule has 1 aliphatic carbocycles. The first-order chi connectivity index (χ1) is 16.4. The van der Waals surface area contributed by atoms with Crippen LogP contribution < -0.4 is 10.2 Å². The number of hydrogen-bond donors (Lipinski definition) is 0. The highest BCUT2D eigenvalue weighted by Crippen LogP contribution is 2.35. The number of likely N-dealkylation sites (tertiary alicyclic amines) is 1. The van der Waals surface area contributed by atoms with Crippen LogP contribution >= 0.6 is 0 Å². The zero-order valence-electron chi connectivity index (χ0n) is 18.4. The fraction of sp³-hybridized carbons (Fsp3) is 0.292. The van der Waals surface area contributed by atoms with Crippen LogP contribution in [0.15, 0.2) is 71.2 Å². The molecule has 2 aliphatic rings. The minimum absolute atomic E-state index is 0.0000678. The van der Waals surface area contributed by atoms with Crippen LogP contribution in [0.1, 0.15) is 19.3 Å². The average Bonchev–Trinajstić information content (AvgIpc) is 3.46. The van der Waals surface area contributed by atoms with E-state index >= 15 is 4.39 Å². The van der Waals surface area contributed by atoms with Gasteiger partial charge in [0.2, 0.25) is 0 Å². The lowest BCUT2D eigenvalue weighted by molar-refractivity contribution is 0.0148. The molecule has 3 heterocycles. The zero-order chi connectivity index (χ0) is 23.9. The summed E-state index contributed by atoms with van der Waals surface area (Å²) >= 11 is 0. The molecule has 0 N–H and O–H groups in total. The van der Waals surface area contributed by atoms with E-state index in [0.29, 0.717) is 17.8 Å². The monoisotopic (exact) mass is 469 g/mol. The second kappa shape index (κ2) is 8.51. The smallest absolute Gasteiger partial charge is 0.266 e. The maximum absolute atomic E-state index is 15.2. The number of rotatable bonds is 5. The van der Waals surface area contributed by atoms with Gasteiger partial charge in [-0.1, -0.05) is 18.2 Å². The fourth-order valence-electron chi connectivity index (χ4n) is 4.30. The lowest BCUT2D eigenvalue weighted by atomic mass is 10.1. The van der Waals surface area contributed by atoms with Crippen molar-refractivity contribution in [3.05, 3.63) is 76.6 Å². The summed E-state index contributed by atoms with van der Waals surface area (Å²) < 4.78 is 50.5. The highest BCUT2D eigenvalue weighted by molar-refractivity contribution is 5.61. The Kier molecular flexibility index (Phi) is 5.51. The van der Waals surface area contributed by atoms with E-state index in [1.54, 1.807) is 16.9 Å². The number of para-hydroxylation sites is 1. The van der Waals surface area contributed by atoms with Crippen molar-refractivity contribution in [1.29, 1.82) is 0 Å². The van der Waals surface area contributed by atoms with Crippen LogP contribution in [0.25, 0.3) is 22.8 Å². The summed E-state index contributed by atoms with van der Waals surface area (Å²) in [5.74, 6) is -3.34. The molecular formula is C24H22F3N5O2. The summed E-state index contributed by atoms with van der Waals surface area (Å²) in [4.78, 5) is 14.6. The number of allylic oxidation sites excluding steroid dienone is 4. The molecule has 0 radical (unpaired) electrons. The van der Waals surface area contributed by atoms with Gasteiger partial charge in [-0.25, -0.2) is 22.5 Å². The van der Waals surface area contributed by atoms with Gasteiger partial charge < -0.3 is 9.64 Å². The lowest BCUT2D eigenvalue weighted by Crippen LogP contribution is -2.26. The maximum Gasteiger partial charge on any atom is 0.266 e. The van der Waals surface area contributed by atoms with E-state index in [9.17, 15) is 13.6 Å². The molecular weight excluding hydrogens is 447 g/mol. The Labute approximate surface area is 193 Å². The first-order valence-electron chi connectivity index (χ1n) is 10.9. The molecule has 3 aromatic rings. The number of methoxy groups -OCH3 is 1. The summed E-state index contributed by atoms with van der Waals surface area (Å²) in [6.07, 6.45) is 4.55. The number of nitrogens with zero attached hydrogens (tertiary/aromatic N) is 5. The van der Waals surface area contributed by atoms with Crippen molar-refractivity contribution in [2.75, 3.05) is 20.2 Å². The Bertz CT molecular complexity index is 1340. The molecule has 5 rings (SSSR count). The molecule has 0 bridgehead atoms. The van der Waals surface area contributed by atoms with Gasteiger partial charge in [0, 0.05) is 18.7 Å². The van der Waals surface area contributed by atoms with Crippen LogP contribution in [0.2, 0.25) is 0 Å². The second-order valence-electron chi connectivity index (χ2n) is 8.24. The molecule has 2 aromatic heterocycles. The first kappa shape index (κ1) is 22.0. The summed E-state index contributed by atoms with van der Waals surface area (Å²) in [6, 6.07) is 10.9. The van der Waals surface area contributed by atoms with Crippen molar-refractivity contribution < 1.29 is 17.9 Å². The van der Waals surface area contributed by atoms with Gasteiger partial charge in [-0.05, 0) is 37.1 Å². The molecule has 34 heavy (non-hydrogen) atoms. The van der Waals surface area contributed by atoms with Gasteiger partial charge in [0.1, 0.15) is 5.83 Å². The normalized spacial score (nSPS) is 17.8. The first-order valence-corrected chi connectivity index (χ1v) is 10.9. The van der Waals surface area contributed by atoms with Crippen LogP contribution in [0, 0.1) is 0 Å². The Hall–Kier alpha value is -3.82. The quantitative estimate of drug-likeness (QED) is 0.559. The van der Waals surface area contributed by atoms with Crippen LogP contribution in [0.3, 0.4) is 0 Å². The molecule has 1 aliphatic heterocycles. The molecule has 0 spiro atoms. The van der Waals surface area contributed by atoms with E-state index in [0.717, 1.165) is 5.69 Å². The van der Waals surface area contributed by atoms with Gasteiger partial charge in [-0.2, -0.15) is 10.2 Å². The standard InChI is InChI=1S/C24H22F3N5O2/c1-34-21-14-31(19-8-7-17(13-18(19)25)30-12-10-24(26,27)15-30)29-22(23(21)33)20-9-11-28-32(20)16-5-3-2-4-6-16/h2-6,9,11,13-14H,7-8,10,12,15H2,1H3. The highest BCUT2D eigenvalue weighted by atomic mass is 19.3. The molecule has 1 saturated heterocycles. The number of hydrogen-bond acceptors (Lipinski definition) is 5. The Morgan fingerprint density at radius 3 is 2.59 bits per heavy atom. The number of halogens is 3. The predicted octanol–water partition coefficient (Wildman–Crippen LogP) is 4.26. The number of ether oxygens (including phenoxy) is 1. The lowest BCUT2D eigenvalue weighted by Gasteiger charge is -2.26. The third-order valence-electron chi connectivity index (χ3n) is 6.03. The molecule has 1 fully saturated rings. The largest absolute Gasteiger partial charge is 0.491 e. The van der Waals surface area contributed by atoms with E-state index in [4.69, 9.17) is 4.74 Å². The predicted molar refractivity (Wildman–Crippen MR) is 120 cm³/mol. The Morgan fingerprint density at radius 2 is 1.91 bits per heavy atom. The third-order valence-corrected chi connectivity index (χ3v) is 6.03. The number of aromatic nitrogens is 4.